The lowest BCUT2D eigenvalue weighted by Crippen LogP contribution is -2.57. The van der Waals surface area contributed by atoms with Crippen LogP contribution >= 0.6 is 11.3 Å². The minimum atomic E-state index is 0.141. The molecule has 3 atom stereocenters. The first kappa shape index (κ1) is 18.9. The Labute approximate surface area is 169 Å². The number of benzene rings is 1. The third-order valence-electron chi connectivity index (χ3n) is 5.37. The standard InChI is InChI=1S/C20H25N7S/c1-4-10-26-12-15(3)27(13-14(26)2)18(20-21-9-11-28-20)16-5-7-17(8-6-16)19-22-24-25-23-19/h4-9,11,14-15,18H,1,10,12-13H2,2-3H3,(H,22,23,24,25)/t14-,15-,18-/m0/s1. The van der Waals surface area contributed by atoms with Gasteiger partial charge < -0.3 is 0 Å². The number of nitrogens with one attached hydrogen (secondary N) is 1. The molecule has 0 aliphatic carbocycles. The maximum atomic E-state index is 4.66. The number of nitrogens with zero attached hydrogens (tertiary/aromatic N) is 6. The number of thiazole rings is 1. The van der Waals surface area contributed by atoms with Crippen LogP contribution < -0.4 is 0 Å². The molecule has 28 heavy (non-hydrogen) atoms. The number of rotatable bonds is 6. The first-order valence-corrected chi connectivity index (χ1v) is 10.4. The summed E-state index contributed by atoms with van der Waals surface area (Å²) >= 11 is 1.71. The van der Waals surface area contributed by atoms with E-state index in [9.17, 15) is 0 Å². The molecule has 2 aromatic heterocycles. The van der Waals surface area contributed by atoms with Crippen LogP contribution in [0.25, 0.3) is 11.4 Å². The molecule has 1 aliphatic rings. The van der Waals surface area contributed by atoms with Crippen LogP contribution in [-0.4, -0.2) is 67.1 Å². The van der Waals surface area contributed by atoms with Crippen LogP contribution in [0, 0.1) is 0 Å². The van der Waals surface area contributed by atoms with E-state index < -0.39 is 0 Å². The molecule has 1 N–H and O–H groups in total. The molecule has 1 aliphatic heterocycles. The summed E-state index contributed by atoms with van der Waals surface area (Å²) in [4.78, 5) is 9.73. The van der Waals surface area contributed by atoms with Crippen molar-refractivity contribution in [3.05, 3.63) is 59.1 Å². The van der Waals surface area contributed by atoms with Crippen LogP contribution in [-0.2, 0) is 0 Å². The molecule has 0 unspecified atom stereocenters. The highest BCUT2D eigenvalue weighted by Gasteiger charge is 2.35. The van der Waals surface area contributed by atoms with Crippen molar-refractivity contribution in [1.29, 1.82) is 0 Å². The van der Waals surface area contributed by atoms with Crippen LogP contribution in [0.3, 0.4) is 0 Å². The summed E-state index contributed by atoms with van der Waals surface area (Å²) in [5, 5.41) is 17.5. The predicted octanol–water partition coefficient (Wildman–Crippen LogP) is 2.99. The van der Waals surface area contributed by atoms with E-state index in [4.69, 9.17) is 0 Å². The topological polar surface area (TPSA) is 73.8 Å². The summed E-state index contributed by atoms with van der Waals surface area (Å²) in [5.74, 6) is 0.609. The van der Waals surface area contributed by atoms with Crippen molar-refractivity contribution >= 4 is 11.3 Å². The number of H-pyrrole nitrogens is 1. The van der Waals surface area contributed by atoms with Crippen molar-refractivity contribution in [2.75, 3.05) is 19.6 Å². The van der Waals surface area contributed by atoms with Crippen molar-refractivity contribution < 1.29 is 0 Å². The predicted molar refractivity (Wildman–Crippen MR) is 111 cm³/mol. The molecule has 4 rings (SSSR count). The lowest BCUT2D eigenvalue weighted by atomic mass is 9.98. The Morgan fingerprint density at radius 1 is 1.25 bits per heavy atom. The van der Waals surface area contributed by atoms with Crippen molar-refractivity contribution in [1.82, 2.24) is 35.4 Å². The molecule has 0 spiro atoms. The Hall–Kier alpha value is -2.42. The monoisotopic (exact) mass is 395 g/mol. The summed E-state index contributed by atoms with van der Waals surface area (Å²) < 4.78 is 0. The summed E-state index contributed by atoms with van der Waals surface area (Å²) in [6, 6.07) is 9.46. The number of hydrogen-bond donors (Lipinski definition) is 1. The molecular formula is C20H25N7S. The van der Waals surface area contributed by atoms with Crippen LogP contribution in [0.4, 0.5) is 0 Å². The number of tetrazole rings is 1. The SMILES string of the molecule is C=CCN1C[C@H](C)N([C@@H](c2ccc(-c3nn[nH]n3)cc2)c2nccs2)C[C@@H]1C. The fraction of sp³-hybridized carbons (Fsp3) is 0.400. The van der Waals surface area contributed by atoms with Gasteiger partial charge in [0, 0.05) is 48.9 Å². The van der Waals surface area contributed by atoms with Crippen LogP contribution in [0.15, 0.2) is 48.5 Å². The minimum Gasteiger partial charge on any atom is -0.294 e. The van der Waals surface area contributed by atoms with Gasteiger partial charge in [0.05, 0.1) is 6.04 Å². The Bertz CT molecular complexity index is 876. The van der Waals surface area contributed by atoms with Gasteiger partial charge in [-0.3, -0.25) is 9.80 Å². The molecule has 0 bridgehead atoms. The van der Waals surface area contributed by atoms with Crippen LogP contribution in [0.5, 0.6) is 0 Å². The fourth-order valence-corrected chi connectivity index (χ4v) is 4.73. The molecule has 0 saturated carbocycles. The van der Waals surface area contributed by atoms with Gasteiger partial charge in [-0.25, -0.2) is 4.98 Å². The smallest absolute Gasteiger partial charge is 0.204 e. The largest absolute Gasteiger partial charge is 0.294 e. The number of piperazine rings is 1. The van der Waals surface area contributed by atoms with E-state index in [1.165, 1.54) is 5.56 Å². The second-order valence-corrected chi connectivity index (χ2v) is 8.19. The van der Waals surface area contributed by atoms with Gasteiger partial charge in [-0.2, -0.15) is 5.21 Å². The molecule has 8 heteroatoms. The van der Waals surface area contributed by atoms with Gasteiger partial charge >= 0.3 is 0 Å². The average Bonchev–Trinajstić information content (AvgIpc) is 3.41. The van der Waals surface area contributed by atoms with E-state index in [-0.39, 0.29) is 6.04 Å². The third kappa shape index (κ3) is 3.76. The summed E-state index contributed by atoms with van der Waals surface area (Å²) in [6.45, 7) is 11.4. The summed E-state index contributed by atoms with van der Waals surface area (Å²) in [5.41, 5.74) is 2.19. The van der Waals surface area contributed by atoms with Crippen LogP contribution in [0.2, 0.25) is 0 Å². The highest BCUT2D eigenvalue weighted by molar-refractivity contribution is 7.09. The zero-order valence-corrected chi connectivity index (χ0v) is 17.0. The zero-order chi connectivity index (χ0) is 19.5. The second-order valence-electron chi connectivity index (χ2n) is 7.27. The van der Waals surface area contributed by atoms with Crippen molar-refractivity contribution in [2.24, 2.45) is 0 Å². The lowest BCUT2D eigenvalue weighted by Gasteiger charge is -2.46. The quantitative estimate of drug-likeness (QED) is 0.647. The highest BCUT2D eigenvalue weighted by Crippen LogP contribution is 2.34. The first-order chi connectivity index (χ1) is 13.7. The third-order valence-corrected chi connectivity index (χ3v) is 6.20. The second kappa shape index (κ2) is 8.30. The highest BCUT2D eigenvalue weighted by atomic mass is 32.1. The first-order valence-electron chi connectivity index (χ1n) is 9.51. The summed E-state index contributed by atoms with van der Waals surface area (Å²) in [7, 11) is 0. The maximum absolute atomic E-state index is 4.66. The number of aromatic amines is 1. The Balaban J connectivity index is 1.64. The lowest BCUT2D eigenvalue weighted by molar-refractivity contribution is 0.0306. The van der Waals surface area contributed by atoms with Crippen molar-refractivity contribution in [3.8, 4) is 11.4 Å². The van der Waals surface area contributed by atoms with Gasteiger partial charge in [0.2, 0.25) is 5.82 Å². The van der Waals surface area contributed by atoms with E-state index >= 15 is 0 Å². The molecule has 3 aromatic rings. The van der Waals surface area contributed by atoms with Gasteiger partial charge in [-0.1, -0.05) is 30.3 Å². The molecule has 7 nitrogen and oxygen atoms in total. The Morgan fingerprint density at radius 2 is 2.07 bits per heavy atom. The van der Waals surface area contributed by atoms with E-state index in [2.05, 4.69) is 85.5 Å². The van der Waals surface area contributed by atoms with Gasteiger partial charge in [0.1, 0.15) is 5.01 Å². The molecule has 1 saturated heterocycles. The van der Waals surface area contributed by atoms with E-state index in [0.29, 0.717) is 17.9 Å². The van der Waals surface area contributed by atoms with Crippen LogP contribution in [0.1, 0.15) is 30.5 Å². The zero-order valence-electron chi connectivity index (χ0n) is 16.2. The Kier molecular flexibility index (Phi) is 5.61. The molecular weight excluding hydrogens is 370 g/mol. The van der Waals surface area contributed by atoms with Gasteiger partial charge in [0.15, 0.2) is 0 Å². The molecule has 0 radical (unpaired) electrons. The minimum absolute atomic E-state index is 0.141. The summed E-state index contributed by atoms with van der Waals surface area (Å²) in [6.07, 6.45) is 3.89. The van der Waals surface area contributed by atoms with Gasteiger partial charge in [-0.05, 0) is 24.6 Å². The number of hydrogen-bond acceptors (Lipinski definition) is 7. The fourth-order valence-electron chi connectivity index (χ4n) is 3.95. The normalized spacial score (nSPS) is 22.2. The van der Waals surface area contributed by atoms with Gasteiger partial charge in [0.25, 0.3) is 0 Å². The van der Waals surface area contributed by atoms with E-state index in [1.807, 2.05) is 12.3 Å². The molecule has 3 heterocycles. The van der Waals surface area contributed by atoms with Gasteiger partial charge in [-0.15, -0.1) is 28.1 Å². The van der Waals surface area contributed by atoms with Crippen molar-refractivity contribution in [2.45, 2.75) is 32.0 Å². The molecule has 1 fully saturated rings. The van der Waals surface area contributed by atoms with E-state index in [0.717, 1.165) is 30.2 Å². The average molecular weight is 396 g/mol. The number of aromatic nitrogens is 5. The molecule has 1 aromatic carbocycles. The molecule has 146 valence electrons. The Morgan fingerprint density at radius 3 is 2.71 bits per heavy atom. The van der Waals surface area contributed by atoms with E-state index in [1.54, 1.807) is 11.3 Å². The maximum Gasteiger partial charge on any atom is 0.204 e. The van der Waals surface area contributed by atoms with Crippen molar-refractivity contribution in [3.63, 3.8) is 0 Å². The molecule has 0 amide bonds.